The number of rotatable bonds is 5. The van der Waals surface area contributed by atoms with Gasteiger partial charge in [0.05, 0.1) is 0 Å². The van der Waals surface area contributed by atoms with E-state index in [9.17, 15) is 14.4 Å². The Kier molecular flexibility index (Phi) is 5.81. The van der Waals surface area contributed by atoms with E-state index in [1.165, 1.54) is 25.2 Å². The van der Waals surface area contributed by atoms with E-state index in [4.69, 9.17) is 0 Å². The predicted octanol–water partition coefficient (Wildman–Crippen LogP) is 3.98. The molecule has 8 heteroatoms. The lowest BCUT2D eigenvalue weighted by atomic mass is 10.1. The molecule has 7 nitrogen and oxygen atoms in total. The quantitative estimate of drug-likeness (QED) is 0.609. The second-order valence-electron chi connectivity index (χ2n) is 6.03. The number of nitrogens with one attached hydrogen (secondary N) is 3. The average molecular weight is 394 g/mol. The number of anilines is 3. The van der Waals surface area contributed by atoms with Crippen LogP contribution in [0.4, 0.5) is 17.1 Å². The van der Waals surface area contributed by atoms with Crippen molar-refractivity contribution in [1.82, 2.24) is 4.98 Å². The standard InChI is InChI=1S/C20H18N4O3S/c1-12(25)22-17-9-15(10-18(11-17)23-13(2)26)19(27)24-16-5-3-14(4-6-16)20-21-7-8-28-20/h3-11H,1-2H3,(H,22,25)(H,23,26)(H,24,27). The molecule has 0 unspecified atom stereocenters. The van der Waals surface area contributed by atoms with Gasteiger partial charge in [0, 0.05) is 53.6 Å². The van der Waals surface area contributed by atoms with Crippen molar-refractivity contribution in [2.45, 2.75) is 13.8 Å². The summed E-state index contributed by atoms with van der Waals surface area (Å²) in [6.45, 7) is 2.74. The normalized spacial score (nSPS) is 10.2. The van der Waals surface area contributed by atoms with Crippen molar-refractivity contribution in [3.05, 3.63) is 59.6 Å². The first-order chi connectivity index (χ1) is 13.4. The lowest BCUT2D eigenvalue weighted by molar-refractivity contribution is -0.115. The first-order valence-corrected chi connectivity index (χ1v) is 9.30. The molecule has 0 saturated carbocycles. The van der Waals surface area contributed by atoms with Crippen LogP contribution in [0.1, 0.15) is 24.2 Å². The molecular weight excluding hydrogens is 376 g/mol. The summed E-state index contributed by atoms with van der Waals surface area (Å²) in [6, 6.07) is 12.0. The molecule has 0 fully saturated rings. The van der Waals surface area contributed by atoms with Gasteiger partial charge in [-0.05, 0) is 42.5 Å². The van der Waals surface area contributed by atoms with Gasteiger partial charge in [-0.3, -0.25) is 14.4 Å². The molecule has 3 aromatic rings. The van der Waals surface area contributed by atoms with E-state index in [2.05, 4.69) is 20.9 Å². The number of carbonyl (C=O) groups excluding carboxylic acids is 3. The third kappa shape index (κ3) is 5.01. The number of hydrogen-bond acceptors (Lipinski definition) is 5. The van der Waals surface area contributed by atoms with E-state index >= 15 is 0 Å². The summed E-state index contributed by atoms with van der Waals surface area (Å²) in [7, 11) is 0. The summed E-state index contributed by atoms with van der Waals surface area (Å²) in [5.74, 6) is -0.908. The average Bonchev–Trinajstić information content (AvgIpc) is 3.15. The maximum absolute atomic E-state index is 12.7. The van der Waals surface area contributed by atoms with Crippen LogP contribution in [-0.4, -0.2) is 22.7 Å². The Bertz CT molecular complexity index is 980. The Morgan fingerprint density at radius 2 is 1.43 bits per heavy atom. The van der Waals surface area contributed by atoms with Gasteiger partial charge in [-0.15, -0.1) is 11.3 Å². The van der Waals surface area contributed by atoms with E-state index in [1.54, 1.807) is 36.5 Å². The maximum Gasteiger partial charge on any atom is 0.255 e. The third-order valence-electron chi connectivity index (χ3n) is 3.66. The summed E-state index contributed by atoms with van der Waals surface area (Å²) in [5, 5.41) is 10.9. The molecule has 3 amide bonds. The Morgan fingerprint density at radius 1 is 0.821 bits per heavy atom. The largest absolute Gasteiger partial charge is 0.326 e. The molecule has 3 N–H and O–H groups in total. The first kappa shape index (κ1) is 19.2. The summed E-state index contributed by atoms with van der Waals surface area (Å²) in [4.78, 5) is 39.6. The lowest BCUT2D eigenvalue weighted by Crippen LogP contribution is -2.15. The second kappa shape index (κ2) is 8.45. The van der Waals surface area contributed by atoms with Crippen molar-refractivity contribution in [3.63, 3.8) is 0 Å². The fourth-order valence-electron chi connectivity index (χ4n) is 2.57. The van der Waals surface area contributed by atoms with Gasteiger partial charge < -0.3 is 16.0 Å². The summed E-state index contributed by atoms with van der Waals surface area (Å²) in [6.07, 6.45) is 1.74. The number of benzene rings is 2. The fourth-order valence-corrected chi connectivity index (χ4v) is 3.22. The highest BCUT2D eigenvalue weighted by Gasteiger charge is 2.11. The highest BCUT2D eigenvalue weighted by Crippen LogP contribution is 2.24. The lowest BCUT2D eigenvalue weighted by Gasteiger charge is -2.11. The molecule has 0 aliphatic rings. The van der Waals surface area contributed by atoms with Crippen LogP contribution in [0.5, 0.6) is 0 Å². The van der Waals surface area contributed by atoms with E-state index in [0.717, 1.165) is 10.6 Å². The summed E-state index contributed by atoms with van der Waals surface area (Å²) in [5.41, 5.74) is 2.73. The minimum Gasteiger partial charge on any atom is -0.326 e. The van der Waals surface area contributed by atoms with Gasteiger partial charge in [0.25, 0.3) is 5.91 Å². The molecule has 0 saturated heterocycles. The van der Waals surface area contributed by atoms with Gasteiger partial charge in [0.2, 0.25) is 11.8 Å². The van der Waals surface area contributed by atoms with Crippen molar-refractivity contribution in [2.24, 2.45) is 0 Å². The van der Waals surface area contributed by atoms with Crippen molar-refractivity contribution in [1.29, 1.82) is 0 Å². The SMILES string of the molecule is CC(=O)Nc1cc(NC(C)=O)cc(C(=O)Nc2ccc(-c3nccs3)cc2)c1. The van der Waals surface area contributed by atoms with Gasteiger partial charge in [-0.1, -0.05) is 0 Å². The van der Waals surface area contributed by atoms with Crippen molar-refractivity contribution >= 4 is 46.1 Å². The molecule has 0 spiro atoms. The van der Waals surface area contributed by atoms with Crippen LogP contribution in [0.15, 0.2) is 54.0 Å². The molecule has 3 rings (SSSR count). The molecule has 0 aliphatic carbocycles. The van der Waals surface area contributed by atoms with Crippen LogP contribution in [-0.2, 0) is 9.59 Å². The minimum atomic E-state index is -0.360. The van der Waals surface area contributed by atoms with E-state index < -0.39 is 0 Å². The third-order valence-corrected chi connectivity index (χ3v) is 4.48. The molecule has 142 valence electrons. The number of thiazole rings is 1. The van der Waals surface area contributed by atoms with Gasteiger partial charge in [-0.2, -0.15) is 0 Å². The smallest absolute Gasteiger partial charge is 0.255 e. The zero-order valence-corrected chi connectivity index (χ0v) is 16.1. The maximum atomic E-state index is 12.7. The topological polar surface area (TPSA) is 100 Å². The van der Waals surface area contributed by atoms with Crippen LogP contribution in [0.2, 0.25) is 0 Å². The molecule has 28 heavy (non-hydrogen) atoms. The molecule has 1 heterocycles. The van der Waals surface area contributed by atoms with Crippen molar-refractivity contribution in [2.75, 3.05) is 16.0 Å². The Balaban J connectivity index is 1.80. The number of hydrogen-bond donors (Lipinski definition) is 3. The molecule has 0 bridgehead atoms. The Hall–Kier alpha value is -3.52. The molecule has 0 atom stereocenters. The number of amides is 3. The number of aromatic nitrogens is 1. The zero-order chi connectivity index (χ0) is 20.1. The highest BCUT2D eigenvalue weighted by atomic mass is 32.1. The number of nitrogens with zero attached hydrogens (tertiary/aromatic N) is 1. The molecule has 0 radical (unpaired) electrons. The summed E-state index contributed by atoms with van der Waals surface area (Å²) < 4.78 is 0. The summed E-state index contributed by atoms with van der Waals surface area (Å²) >= 11 is 1.54. The number of carbonyl (C=O) groups is 3. The van der Waals surface area contributed by atoms with Crippen molar-refractivity contribution in [3.8, 4) is 10.6 Å². The van der Waals surface area contributed by atoms with Crippen LogP contribution in [0.3, 0.4) is 0 Å². The van der Waals surface area contributed by atoms with Gasteiger partial charge in [-0.25, -0.2) is 4.98 Å². The van der Waals surface area contributed by atoms with Gasteiger partial charge >= 0.3 is 0 Å². The van der Waals surface area contributed by atoms with E-state index in [1.807, 2.05) is 17.5 Å². The molecular formula is C20H18N4O3S. The monoisotopic (exact) mass is 394 g/mol. The van der Waals surface area contributed by atoms with E-state index in [0.29, 0.717) is 22.6 Å². The Labute approximate surface area is 165 Å². The van der Waals surface area contributed by atoms with Crippen LogP contribution in [0.25, 0.3) is 10.6 Å². The predicted molar refractivity (Wildman–Crippen MR) is 111 cm³/mol. The van der Waals surface area contributed by atoms with E-state index in [-0.39, 0.29) is 17.7 Å². The fraction of sp³-hybridized carbons (Fsp3) is 0.100. The zero-order valence-electron chi connectivity index (χ0n) is 15.3. The van der Waals surface area contributed by atoms with Gasteiger partial charge in [0.1, 0.15) is 5.01 Å². The van der Waals surface area contributed by atoms with Gasteiger partial charge in [0.15, 0.2) is 0 Å². The highest BCUT2D eigenvalue weighted by molar-refractivity contribution is 7.13. The minimum absolute atomic E-state index is 0.274. The van der Waals surface area contributed by atoms with Crippen LogP contribution >= 0.6 is 11.3 Å². The molecule has 1 aromatic heterocycles. The molecule has 2 aromatic carbocycles. The Morgan fingerprint density at radius 3 is 1.93 bits per heavy atom. The van der Waals surface area contributed by atoms with Crippen LogP contribution in [0, 0.1) is 0 Å². The van der Waals surface area contributed by atoms with Crippen LogP contribution < -0.4 is 16.0 Å². The first-order valence-electron chi connectivity index (χ1n) is 8.42. The molecule has 0 aliphatic heterocycles. The van der Waals surface area contributed by atoms with Crippen molar-refractivity contribution < 1.29 is 14.4 Å². The second-order valence-corrected chi connectivity index (χ2v) is 6.92.